The van der Waals surface area contributed by atoms with Gasteiger partial charge in [0.15, 0.2) is 11.6 Å². The van der Waals surface area contributed by atoms with Gasteiger partial charge in [0, 0.05) is 5.56 Å². The summed E-state index contributed by atoms with van der Waals surface area (Å²) in [6.45, 7) is 0. The summed E-state index contributed by atoms with van der Waals surface area (Å²) >= 11 is 0. The highest BCUT2D eigenvalue weighted by atomic mass is 19.2. The molecule has 1 aromatic carbocycles. The average Bonchev–Trinajstić information content (AvgIpc) is 2.71. The van der Waals surface area contributed by atoms with E-state index in [9.17, 15) is 13.6 Å². The Morgan fingerprint density at radius 1 is 1.19 bits per heavy atom. The fourth-order valence-electron chi connectivity index (χ4n) is 1.37. The molecule has 0 atom stereocenters. The highest BCUT2D eigenvalue weighted by Gasteiger charge is 2.16. The molecule has 0 saturated heterocycles. The maximum absolute atomic E-state index is 13.0. The summed E-state index contributed by atoms with van der Waals surface area (Å²) in [6, 6.07) is 4.53. The standard InChI is InChI=1S/C11H6F2O3/c12-8-2-1-6(5-9(8)13)7-3-4-16-10(7)11(14)15/h1-5H,(H,14,15). The van der Waals surface area contributed by atoms with Gasteiger partial charge >= 0.3 is 5.97 Å². The number of halogens is 2. The quantitative estimate of drug-likeness (QED) is 0.853. The smallest absolute Gasteiger partial charge is 0.372 e. The molecule has 0 aliphatic carbocycles. The van der Waals surface area contributed by atoms with Crippen LogP contribution in [0.1, 0.15) is 10.6 Å². The van der Waals surface area contributed by atoms with Crippen molar-refractivity contribution in [2.45, 2.75) is 0 Å². The van der Waals surface area contributed by atoms with E-state index in [-0.39, 0.29) is 16.9 Å². The number of rotatable bonds is 2. The van der Waals surface area contributed by atoms with E-state index in [0.717, 1.165) is 12.1 Å². The number of hydrogen-bond acceptors (Lipinski definition) is 2. The van der Waals surface area contributed by atoms with E-state index in [0.29, 0.717) is 0 Å². The van der Waals surface area contributed by atoms with Crippen LogP contribution < -0.4 is 0 Å². The number of hydrogen-bond donors (Lipinski definition) is 1. The predicted octanol–water partition coefficient (Wildman–Crippen LogP) is 2.92. The van der Waals surface area contributed by atoms with Gasteiger partial charge in [-0.2, -0.15) is 0 Å². The van der Waals surface area contributed by atoms with E-state index in [1.165, 1.54) is 18.4 Å². The summed E-state index contributed by atoms with van der Waals surface area (Å²) in [5, 5.41) is 8.78. The molecule has 5 heteroatoms. The second-order valence-electron chi connectivity index (χ2n) is 3.10. The molecule has 0 fully saturated rings. The first kappa shape index (κ1) is 10.4. The molecule has 0 aliphatic heterocycles. The van der Waals surface area contributed by atoms with Crippen LogP contribution in [0.15, 0.2) is 34.9 Å². The molecular weight excluding hydrogens is 218 g/mol. The maximum atomic E-state index is 13.0. The van der Waals surface area contributed by atoms with E-state index in [1.54, 1.807) is 0 Å². The molecule has 0 unspecified atom stereocenters. The van der Waals surface area contributed by atoms with Crippen LogP contribution in [0.2, 0.25) is 0 Å². The third-order valence-electron chi connectivity index (χ3n) is 2.09. The van der Waals surface area contributed by atoms with Crippen LogP contribution in [0.4, 0.5) is 8.78 Å². The van der Waals surface area contributed by atoms with E-state index < -0.39 is 17.6 Å². The Morgan fingerprint density at radius 3 is 2.56 bits per heavy atom. The zero-order chi connectivity index (χ0) is 11.7. The predicted molar refractivity (Wildman–Crippen MR) is 51.0 cm³/mol. The molecule has 1 N–H and O–H groups in total. The molecule has 0 amide bonds. The van der Waals surface area contributed by atoms with Crippen molar-refractivity contribution in [1.82, 2.24) is 0 Å². The van der Waals surface area contributed by atoms with Crippen LogP contribution in [0.3, 0.4) is 0 Å². The fraction of sp³-hybridized carbons (Fsp3) is 0. The van der Waals surface area contributed by atoms with Gasteiger partial charge in [-0.1, -0.05) is 6.07 Å². The summed E-state index contributed by atoms with van der Waals surface area (Å²) < 4.78 is 30.4. The lowest BCUT2D eigenvalue weighted by atomic mass is 10.1. The molecule has 0 spiro atoms. The number of benzene rings is 1. The molecule has 0 bridgehead atoms. The third kappa shape index (κ3) is 1.67. The van der Waals surface area contributed by atoms with Gasteiger partial charge in [0.1, 0.15) is 0 Å². The number of furan rings is 1. The van der Waals surface area contributed by atoms with Crippen molar-refractivity contribution in [3.8, 4) is 11.1 Å². The zero-order valence-corrected chi connectivity index (χ0v) is 7.91. The van der Waals surface area contributed by atoms with Crippen molar-refractivity contribution in [3.05, 3.63) is 47.9 Å². The molecular formula is C11H6F2O3. The highest BCUT2D eigenvalue weighted by Crippen LogP contribution is 2.26. The van der Waals surface area contributed by atoms with Crippen LogP contribution in [-0.2, 0) is 0 Å². The van der Waals surface area contributed by atoms with Crippen molar-refractivity contribution >= 4 is 5.97 Å². The fourth-order valence-corrected chi connectivity index (χ4v) is 1.37. The molecule has 1 aromatic heterocycles. The van der Waals surface area contributed by atoms with Crippen molar-refractivity contribution < 1.29 is 23.1 Å². The normalized spacial score (nSPS) is 10.4. The summed E-state index contributed by atoms with van der Waals surface area (Å²) in [5.41, 5.74) is 0.469. The van der Waals surface area contributed by atoms with Gasteiger partial charge in [0.2, 0.25) is 5.76 Å². The topological polar surface area (TPSA) is 50.4 Å². The Labute approximate surface area is 88.9 Å². The first-order valence-corrected chi connectivity index (χ1v) is 4.36. The average molecular weight is 224 g/mol. The van der Waals surface area contributed by atoms with E-state index in [2.05, 4.69) is 0 Å². The summed E-state index contributed by atoms with van der Waals surface area (Å²) in [5.74, 6) is -3.57. The summed E-state index contributed by atoms with van der Waals surface area (Å²) in [4.78, 5) is 10.7. The lowest BCUT2D eigenvalue weighted by molar-refractivity contribution is 0.0663. The number of aromatic carboxylic acids is 1. The van der Waals surface area contributed by atoms with Crippen LogP contribution >= 0.6 is 0 Å². The second kappa shape index (κ2) is 3.77. The highest BCUT2D eigenvalue weighted by molar-refractivity contribution is 5.93. The van der Waals surface area contributed by atoms with Crippen LogP contribution in [0.25, 0.3) is 11.1 Å². The van der Waals surface area contributed by atoms with Gasteiger partial charge in [-0.25, -0.2) is 13.6 Å². The number of carboxylic acids is 1. The summed E-state index contributed by atoms with van der Waals surface area (Å²) in [6.07, 6.45) is 1.18. The van der Waals surface area contributed by atoms with Gasteiger partial charge in [0.05, 0.1) is 6.26 Å². The van der Waals surface area contributed by atoms with Crippen molar-refractivity contribution in [3.63, 3.8) is 0 Å². The van der Waals surface area contributed by atoms with Crippen molar-refractivity contribution in [2.24, 2.45) is 0 Å². The number of carbonyl (C=O) groups is 1. The third-order valence-corrected chi connectivity index (χ3v) is 2.09. The lowest BCUT2D eigenvalue weighted by Crippen LogP contribution is -1.96. The molecule has 2 rings (SSSR count). The minimum Gasteiger partial charge on any atom is -0.475 e. The Kier molecular flexibility index (Phi) is 2.44. The van der Waals surface area contributed by atoms with Gasteiger partial charge in [0.25, 0.3) is 0 Å². The van der Waals surface area contributed by atoms with Gasteiger partial charge in [-0.05, 0) is 23.8 Å². The molecule has 16 heavy (non-hydrogen) atoms. The lowest BCUT2D eigenvalue weighted by Gasteiger charge is -2.00. The molecule has 2 aromatic rings. The largest absolute Gasteiger partial charge is 0.475 e. The molecule has 1 heterocycles. The minimum atomic E-state index is -1.26. The van der Waals surface area contributed by atoms with Crippen molar-refractivity contribution in [2.75, 3.05) is 0 Å². The zero-order valence-electron chi connectivity index (χ0n) is 7.91. The summed E-state index contributed by atoms with van der Waals surface area (Å²) in [7, 11) is 0. The Balaban J connectivity index is 2.54. The van der Waals surface area contributed by atoms with E-state index in [1.807, 2.05) is 0 Å². The maximum Gasteiger partial charge on any atom is 0.372 e. The van der Waals surface area contributed by atoms with Gasteiger partial charge < -0.3 is 9.52 Å². The monoisotopic (exact) mass is 224 g/mol. The van der Waals surface area contributed by atoms with Crippen molar-refractivity contribution in [1.29, 1.82) is 0 Å². The first-order valence-electron chi connectivity index (χ1n) is 4.36. The molecule has 3 nitrogen and oxygen atoms in total. The SMILES string of the molecule is O=C(O)c1occc1-c1ccc(F)c(F)c1. The molecule has 0 aliphatic rings. The molecule has 0 saturated carbocycles. The van der Waals surface area contributed by atoms with Crippen LogP contribution in [-0.4, -0.2) is 11.1 Å². The Hall–Kier alpha value is -2.17. The first-order chi connectivity index (χ1) is 7.59. The number of carboxylic acid groups (broad SMARTS) is 1. The Bertz CT molecular complexity index is 546. The van der Waals surface area contributed by atoms with Gasteiger partial charge in [-0.15, -0.1) is 0 Å². The van der Waals surface area contributed by atoms with Gasteiger partial charge in [-0.3, -0.25) is 0 Å². The minimum absolute atomic E-state index is 0.214. The van der Waals surface area contributed by atoms with E-state index >= 15 is 0 Å². The second-order valence-corrected chi connectivity index (χ2v) is 3.10. The van der Waals surface area contributed by atoms with Crippen LogP contribution in [0, 0.1) is 11.6 Å². The molecule has 0 radical (unpaired) electrons. The molecule has 82 valence electrons. The van der Waals surface area contributed by atoms with E-state index in [4.69, 9.17) is 9.52 Å². The van der Waals surface area contributed by atoms with Crippen LogP contribution in [0.5, 0.6) is 0 Å². The Morgan fingerprint density at radius 2 is 1.94 bits per heavy atom.